The normalized spacial score (nSPS) is 16.4. The van der Waals surface area contributed by atoms with E-state index >= 15 is 0 Å². The fraction of sp³-hybridized carbons (Fsp3) is 0.176. The summed E-state index contributed by atoms with van der Waals surface area (Å²) in [6.07, 6.45) is 2.38. The van der Waals surface area contributed by atoms with E-state index in [1.807, 2.05) is 0 Å². The minimum absolute atomic E-state index is 0.0935. The van der Waals surface area contributed by atoms with Gasteiger partial charge in [0.05, 0.1) is 11.1 Å². The molecule has 10 rings (SSSR count). The summed E-state index contributed by atoms with van der Waals surface area (Å²) in [5, 5.41) is 0. The van der Waals surface area contributed by atoms with E-state index in [1.165, 1.54) is 91.0 Å². The lowest BCUT2D eigenvalue weighted by molar-refractivity contribution is 0.332. The minimum atomic E-state index is -0.389. The lowest BCUT2D eigenvalue weighted by Crippen LogP contribution is -2.34. The van der Waals surface area contributed by atoms with Crippen LogP contribution in [0.15, 0.2) is 164 Å². The highest BCUT2D eigenvalue weighted by Crippen LogP contribution is 2.64. The van der Waals surface area contributed by atoms with Crippen LogP contribution in [0.1, 0.15) is 73.9 Å². The van der Waals surface area contributed by atoms with Crippen molar-refractivity contribution in [1.82, 2.24) is 0 Å². The van der Waals surface area contributed by atoms with Crippen molar-refractivity contribution in [2.45, 2.75) is 56.8 Å². The van der Waals surface area contributed by atoms with Crippen molar-refractivity contribution >= 4 is 17.1 Å². The molecular weight excluding hydrogens is 627 g/mol. The summed E-state index contributed by atoms with van der Waals surface area (Å²) < 4.78 is 0. The maximum absolute atomic E-state index is 2.54. The Bertz CT molecular complexity index is 2470. The van der Waals surface area contributed by atoms with Gasteiger partial charge in [-0.05, 0) is 115 Å². The molecule has 0 fully saturated rings. The van der Waals surface area contributed by atoms with Crippen molar-refractivity contribution < 1.29 is 0 Å². The van der Waals surface area contributed by atoms with Gasteiger partial charge in [-0.15, -0.1) is 0 Å². The highest BCUT2D eigenvalue weighted by atomic mass is 15.1. The molecule has 0 bridgehead atoms. The summed E-state index contributed by atoms with van der Waals surface area (Å²) in [5.74, 6) is 0. The molecule has 0 aromatic heterocycles. The average Bonchev–Trinajstić information content (AvgIpc) is 3.65. The second-order valence-electron chi connectivity index (χ2n) is 16.3. The molecule has 1 spiro atoms. The predicted octanol–water partition coefficient (Wildman–Crippen LogP) is 13.5. The van der Waals surface area contributed by atoms with Crippen LogP contribution in [0.5, 0.6) is 0 Å². The summed E-state index contributed by atoms with van der Waals surface area (Å²) in [6.45, 7) is 9.69. The minimum Gasteiger partial charge on any atom is -0.310 e. The summed E-state index contributed by atoms with van der Waals surface area (Å²) in [6, 6.07) is 61.6. The first kappa shape index (κ1) is 31.1. The van der Waals surface area contributed by atoms with Crippen molar-refractivity contribution in [3.63, 3.8) is 0 Å². The largest absolute Gasteiger partial charge is 0.310 e. The molecule has 3 aliphatic carbocycles. The predicted molar refractivity (Wildman–Crippen MR) is 218 cm³/mol. The van der Waals surface area contributed by atoms with Crippen molar-refractivity contribution in [2.24, 2.45) is 0 Å². The van der Waals surface area contributed by atoms with E-state index in [-0.39, 0.29) is 16.2 Å². The lowest BCUT2D eigenvalue weighted by atomic mass is 9.63. The van der Waals surface area contributed by atoms with E-state index in [0.29, 0.717) is 0 Å². The first-order valence-corrected chi connectivity index (χ1v) is 18.8. The molecule has 0 atom stereocenters. The van der Waals surface area contributed by atoms with Crippen molar-refractivity contribution in [3.05, 3.63) is 197 Å². The fourth-order valence-electron chi connectivity index (χ4n) is 9.89. The quantitative estimate of drug-likeness (QED) is 0.180. The molecule has 3 aliphatic rings. The molecule has 1 heteroatoms. The van der Waals surface area contributed by atoms with Gasteiger partial charge in [-0.3, -0.25) is 0 Å². The topological polar surface area (TPSA) is 3.24 Å². The van der Waals surface area contributed by atoms with Crippen LogP contribution in [-0.2, 0) is 16.2 Å². The van der Waals surface area contributed by atoms with Gasteiger partial charge >= 0.3 is 0 Å². The smallest absolute Gasteiger partial charge is 0.0726 e. The van der Waals surface area contributed by atoms with Gasteiger partial charge in [0.25, 0.3) is 0 Å². The van der Waals surface area contributed by atoms with Crippen LogP contribution in [0.25, 0.3) is 33.4 Å². The van der Waals surface area contributed by atoms with E-state index in [9.17, 15) is 0 Å². The number of anilines is 3. The number of benzene rings is 7. The lowest BCUT2D eigenvalue weighted by Gasteiger charge is -2.42. The van der Waals surface area contributed by atoms with Gasteiger partial charge in [-0.2, -0.15) is 0 Å². The third-order valence-corrected chi connectivity index (χ3v) is 12.6. The number of hydrogen-bond acceptors (Lipinski definition) is 1. The van der Waals surface area contributed by atoms with Gasteiger partial charge in [-0.1, -0.05) is 161 Å². The molecule has 1 nitrogen and oxygen atoms in total. The molecule has 0 saturated carbocycles. The van der Waals surface area contributed by atoms with Crippen LogP contribution in [-0.4, -0.2) is 0 Å². The second-order valence-corrected chi connectivity index (χ2v) is 16.3. The molecule has 0 radical (unpaired) electrons. The van der Waals surface area contributed by atoms with E-state index < -0.39 is 0 Å². The zero-order valence-corrected chi connectivity index (χ0v) is 30.4. The third kappa shape index (κ3) is 4.29. The van der Waals surface area contributed by atoms with Gasteiger partial charge in [0.2, 0.25) is 0 Å². The Morgan fingerprint density at radius 1 is 0.385 bits per heavy atom. The van der Waals surface area contributed by atoms with E-state index in [4.69, 9.17) is 0 Å². The van der Waals surface area contributed by atoms with Crippen molar-refractivity contribution in [2.75, 3.05) is 4.90 Å². The van der Waals surface area contributed by atoms with Gasteiger partial charge in [0.1, 0.15) is 0 Å². The Labute approximate surface area is 308 Å². The molecule has 0 N–H and O–H groups in total. The molecule has 7 aromatic rings. The van der Waals surface area contributed by atoms with Gasteiger partial charge in [-0.25, -0.2) is 0 Å². The molecular formula is C51H43N. The monoisotopic (exact) mass is 669 g/mol. The zero-order chi connectivity index (χ0) is 35.2. The van der Waals surface area contributed by atoms with Crippen LogP contribution in [0.2, 0.25) is 0 Å². The van der Waals surface area contributed by atoms with Crippen molar-refractivity contribution in [1.29, 1.82) is 0 Å². The Hall–Kier alpha value is -5.66. The maximum Gasteiger partial charge on any atom is 0.0726 e. The van der Waals surface area contributed by atoms with E-state index in [2.05, 4.69) is 196 Å². The number of hydrogen-bond donors (Lipinski definition) is 0. The molecule has 0 aliphatic heterocycles. The standard InChI is InChI=1S/C51H43N/c1-49(2)31-32-50(3,4)46-33-37(29-30-44(46)49)52(36-27-25-35(26-28-36)34-15-6-5-7-16-34)47-24-14-23-45-48(47)40-19-10-13-22-43(40)51(45)41-20-11-8-17-38(41)39-18-9-12-21-42(39)51/h5-30,33H,31-32H2,1-4H3. The summed E-state index contributed by atoms with van der Waals surface area (Å²) in [5.41, 5.74) is 19.6. The van der Waals surface area contributed by atoms with Crippen LogP contribution < -0.4 is 4.90 Å². The molecule has 0 saturated heterocycles. The molecule has 0 unspecified atom stereocenters. The Morgan fingerprint density at radius 3 is 1.54 bits per heavy atom. The SMILES string of the molecule is CC1(C)CCC(C)(C)c2cc(N(c3ccc(-c4ccccc4)cc3)c3cccc4c3-c3ccccc3C43c4ccccc4-c4ccccc43)ccc21. The van der Waals surface area contributed by atoms with Crippen LogP contribution in [0, 0.1) is 0 Å². The third-order valence-electron chi connectivity index (χ3n) is 12.6. The summed E-state index contributed by atoms with van der Waals surface area (Å²) in [4.78, 5) is 2.54. The van der Waals surface area contributed by atoms with Crippen molar-refractivity contribution in [3.8, 4) is 33.4 Å². The number of fused-ring (bicyclic) bond motifs is 11. The van der Waals surface area contributed by atoms with Crippen LogP contribution in [0.3, 0.4) is 0 Å². The van der Waals surface area contributed by atoms with Crippen LogP contribution >= 0.6 is 0 Å². The van der Waals surface area contributed by atoms with E-state index in [1.54, 1.807) is 0 Å². The Morgan fingerprint density at radius 2 is 0.885 bits per heavy atom. The summed E-state index contributed by atoms with van der Waals surface area (Å²) >= 11 is 0. The molecule has 0 amide bonds. The molecule has 0 heterocycles. The number of rotatable bonds is 4. The zero-order valence-electron chi connectivity index (χ0n) is 30.4. The van der Waals surface area contributed by atoms with Gasteiger partial charge in [0.15, 0.2) is 0 Å². The molecule has 7 aromatic carbocycles. The highest BCUT2D eigenvalue weighted by molar-refractivity contribution is 6.01. The maximum atomic E-state index is 2.54. The van der Waals surface area contributed by atoms with Crippen LogP contribution in [0.4, 0.5) is 17.1 Å². The number of nitrogens with zero attached hydrogens (tertiary/aromatic N) is 1. The highest BCUT2D eigenvalue weighted by Gasteiger charge is 2.52. The van der Waals surface area contributed by atoms with E-state index in [0.717, 1.165) is 5.69 Å². The fourth-order valence-corrected chi connectivity index (χ4v) is 9.89. The Kier molecular flexibility index (Phi) is 6.68. The van der Waals surface area contributed by atoms with Gasteiger partial charge < -0.3 is 4.90 Å². The first-order valence-electron chi connectivity index (χ1n) is 18.8. The average molecular weight is 670 g/mol. The Balaban J connectivity index is 1.25. The van der Waals surface area contributed by atoms with Gasteiger partial charge in [0, 0.05) is 16.9 Å². The first-order chi connectivity index (χ1) is 25.3. The summed E-state index contributed by atoms with van der Waals surface area (Å²) in [7, 11) is 0. The molecule has 52 heavy (non-hydrogen) atoms. The molecule has 252 valence electrons. The second kappa shape index (κ2) is 11.2.